The highest BCUT2D eigenvalue weighted by atomic mass is 16.5. The van der Waals surface area contributed by atoms with E-state index in [0.717, 1.165) is 52.1 Å². The number of aliphatic hydroxyl groups is 1. The molecule has 1 N–H and O–H groups in total. The highest BCUT2D eigenvalue weighted by Gasteiger charge is 2.43. The van der Waals surface area contributed by atoms with E-state index in [0.29, 0.717) is 42.2 Å². The summed E-state index contributed by atoms with van der Waals surface area (Å²) in [5.74, 6) is 0.180. The van der Waals surface area contributed by atoms with Crippen LogP contribution in [0.1, 0.15) is 24.8 Å². The number of aliphatic hydroxyl groups excluding tert-OH is 1. The second-order valence-electron chi connectivity index (χ2n) is 8.63. The summed E-state index contributed by atoms with van der Waals surface area (Å²) in [5.41, 5.74) is 1.51. The van der Waals surface area contributed by atoms with Crippen molar-refractivity contribution in [2.75, 3.05) is 66.2 Å². The Hall–Kier alpha value is -2.42. The number of carbonyl (C=O) groups excluding carboxylic acids is 2. The Labute approximate surface area is 189 Å². The van der Waals surface area contributed by atoms with Gasteiger partial charge in [0.1, 0.15) is 11.4 Å². The molecule has 0 aromatic heterocycles. The van der Waals surface area contributed by atoms with Crippen LogP contribution in [0.25, 0.3) is 5.57 Å². The van der Waals surface area contributed by atoms with Crippen LogP contribution in [-0.4, -0.2) is 97.8 Å². The summed E-state index contributed by atoms with van der Waals surface area (Å²) in [6.45, 7) is 5.79. The van der Waals surface area contributed by atoms with Crippen LogP contribution in [0.15, 0.2) is 30.0 Å². The Morgan fingerprint density at radius 3 is 2.62 bits per heavy atom. The summed E-state index contributed by atoms with van der Waals surface area (Å²) in [7, 11) is 1.57. The molecule has 2 saturated heterocycles. The molecule has 3 aliphatic heterocycles. The first-order valence-corrected chi connectivity index (χ1v) is 11.5. The van der Waals surface area contributed by atoms with Gasteiger partial charge in [0.05, 0.1) is 25.9 Å². The highest BCUT2D eigenvalue weighted by molar-refractivity contribution is 6.36. The van der Waals surface area contributed by atoms with Gasteiger partial charge in [-0.1, -0.05) is 18.2 Å². The molecule has 2 amide bonds. The number of imide groups is 1. The predicted octanol–water partition coefficient (Wildman–Crippen LogP) is 1.20. The molecule has 8 heteroatoms. The minimum Gasteiger partial charge on any atom is -0.496 e. The quantitative estimate of drug-likeness (QED) is 0.605. The number of para-hydroxylation sites is 1. The molecule has 0 aliphatic carbocycles. The fraction of sp³-hybridized carbons (Fsp3) is 0.583. The molecule has 1 aromatic rings. The van der Waals surface area contributed by atoms with Gasteiger partial charge in [0, 0.05) is 51.4 Å². The number of benzene rings is 1. The molecule has 3 heterocycles. The van der Waals surface area contributed by atoms with Gasteiger partial charge >= 0.3 is 0 Å². The Morgan fingerprint density at radius 1 is 1.09 bits per heavy atom. The lowest BCUT2D eigenvalue weighted by atomic mass is 9.96. The van der Waals surface area contributed by atoms with Crippen molar-refractivity contribution >= 4 is 17.4 Å². The number of hydrogen-bond donors (Lipinski definition) is 1. The monoisotopic (exact) mass is 443 g/mol. The maximum absolute atomic E-state index is 13.6. The van der Waals surface area contributed by atoms with Crippen LogP contribution in [0.2, 0.25) is 0 Å². The molecule has 1 unspecified atom stereocenters. The van der Waals surface area contributed by atoms with Gasteiger partial charge in [-0.15, -0.1) is 0 Å². The van der Waals surface area contributed by atoms with Gasteiger partial charge in [-0.25, -0.2) is 0 Å². The molecule has 0 radical (unpaired) electrons. The lowest BCUT2D eigenvalue weighted by Crippen LogP contribution is -2.42. The zero-order valence-corrected chi connectivity index (χ0v) is 18.8. The lowest BCUT2D eigenvalue weighted by molar-refractivity contribution is -0.137. The van der Waals surface area contributed by atoms with Gasteiger partial charge < -0.3 is 19.5 Å². The number of carbonyl (C=O) groups is 2. The maximum Gasteiger partial charge on any atom is 0.277 e. The average molecular weight is 444 g/mol. The van der Waals surface area contributed by atoms with E-state index in [9.17, 15) is 14.7 Å². The maximum atomic E-state index is 13.6. The fourth-order valence-corrected chi connectivity index (χ4v) is 4.85. The van der Waals surface area contributed by atoms with Crippen LogP contribution in [0.4, 0.5) is 0 Å². The number of morpholine rings is 1. The Balaban J connectivity index is 1.59. The van der Waals surface area contributed by atoms with E-state index < -0.39 is 0 Å². The summed E-state index contributed by atoms with van der Waals surface area (Å²) in [6.07, 6.45) is 2.53. The van der Waals surface area contributed by atoms with Crippen LogP contribution in [0.5, 0.6) is 5.75 Å². The Kier molecular flexibility index (Phi) is 7.44. The average Bonchev–Trinajstić information content (AvgIpc) is 3.09. The molecule has 32 heavy (non-hydrogen) atoms. The van der Waals surface area contributed by atoms with Crippen molar-refractivity contribution in [1.82, 2.24) is 14.7 Å². The van der Waals surface area contributed by atoms with Gasteiger partial charge in [0.2, 0.25) is 0 Å². The number of likely N-dealkylation sites (tertiary alicyclic amines) is 1. The minimum absolute atomic E-state index is 0.0825. The molecule has 3 aliphatic rings. The predicted molar refractivity (Wildman–Crippen MR) is 120 cm³/mol. The molecular formula is C24H33N3O5. The van der Waals surface area contributed by atoms with Gasteiger partial charge in [0.25, 0.3) is 11.8 Å². The third-order valence-corrected chi connectivity index (χ3v) is 6.57. The van der Waals surface area contributed by atoms with Gasteiger partial charge in [-0.3, -0.25) is 19.4 Å². The van der Waals surface area contributed by atoms with E-state index >= 15 is 0 Å². The van der Waals surface area contributed by atoms with Crippen LogP contribution in [0, 0.1) is 5.92 Å². The summed E-state index contributed by atoms with van der Waals surface area (Å²) in [6, 6.07) is 7.36. The number of hydrogen-bond acceptors (Lipinski definition) is 7. The minimum atomic E-state index is -0.261. The van der Waals surface area contributed by atoms with Gasteiger partial charge in [0.15, 0.2) is 0 Å². The molecule has 1 atom stereocenters. The molecule has 8 nitrogen and oxygen atoms in total. The van der Waals surface area contributed by atoms with Gasteiger partial charge in [-0.2, -0.15) is 0 Å². The lowest BCUT2D eigenvalue weighted by Gasteiger charge is -2.34. The topological polar surface area (TPSA) is 82.6 Å². The first kappa shape index (κ1) is 22.8. The van der Waals surface area contributed by atoms with E-state index in [1.54, 1.807) is 7.11 Å². The molecule has 0 saturated carbocycles. The van der Waals surface area contributed by atoms with E-state index in [1.807, 2.05) is 29.2 Å². The third kappa shape index (κ3) is 4.67. The van der Waals surface area contributed by atoms with Crippen LogP contribution < -0.4 is 4.74 Å². The summed E-state index contributed by atoms with van der Waals surface area (Å²) in [4.78, 5) is 32.8. The number of rotatable bonds is 8. The molecule has 0 spiro atoms. The largest absolute Gasteiger partial charge is 0.496 e. The number of nitrogens with zero attached hydrogens (tertiary/aromatic N) is 3. The molecular weight excluding hydrogens is 410 g/mol. The zero-order valence-electron chi connectivity index (χ0n) is 18.8. The molecule has 0 bridgehead atoms. The van der Waals surface area contributed by atoms with Crippen LogP contribution in [0.3, 0.4) is 0 Å². The van der Waals surface area contributed by atoms with Crippen molar-refractivity contribution in [2.24, 2.45) is 5.92 Å². The zero-order chi connectivity index (χ0) is 22.5. The van der Waals surface area contributed by atoms with Crippen molar-refractivity contribution in [3.63, 3.8) is 0 Å². The van der Waals surface area contributed by atoms with Crippen molar-refractivity contribution in [3.8, 4) is 5.75 Å². The second-order valence-corrected chi connectivity index (χ2v) is 8.63. The Morgan fingerprint density at radius 2 is 1.88 bits per heavy atom. The second kappa shape index (κ2) is 10.5. The fourth-order valence-electron chi connectivity index (χ4n) is 4.85. The van der Waals surface area contributed by atoms with Crippen molar-refractivity contribution in [3.05, 3.63) is 35.5 Å². The summed E-state index contributed by atoms with van der Waals surface area (Å²) in [5, 5.41) is 9.69. The van der Waals surface area contributed by atoms with Gasteiger partial charge in [-0.05, 0) is 31.2 Å². The number of piperidine rings is 1. The molecule has 4 rings (SSSR count). The molecule has 2 fully saturated rings. The molecule has 1 aromatic carbocycles. The Bertz CT molecular complexity index is 865. The summed E-state index contributed by atoms with van der Waals surface area (Å²) < 4.78 is 10.9. The number of ether oxygens (including phenoxy) is 2. The van der Waals surface area contributed by atoms with E-state index in [2.05, 4.69) is 4.90 Å². The SMILES string of the molecule is COc1ccccc1C1=C(N2CCCC(CO)C2)C(=O)N(CCCN2CCOCC2)C1=O. The van der Waals surface area contributed by atoms with Crippen LogP contribution in [-0.2, 0) is 14.3 Å². The van der Waals surface area contributed by atoms with Crippen molar-refractivity contribution in [2.45, 2.75) is 19.3 Å². The van der Waals surface area contributed by atoms with E-state index in [-0.39, 0.29) is 24.3 Å². The number of amides is 2. The normalized spacial score (nSPS) is 22.8. The van der Waals surface area contributed by atoms with Crippen molar-refractivity contribution in [1.29, 1.82) is 0 Å². The number of methoxy groups -OCH3 is 1. The van der Waals surface area contributed by atoms with E-state index in [1.165, 1.54) is 4.90 Å². The first-order chi connectivity index (χ1) is 15.6. The standard InChI is InChI=1S/C24H33N3O5/c1-31-20-8-3-2-7-19(20)21-22(26-10-4-6-18(16-26)17-28)24(30)27(23(21)29)11-5-9-25-12-14-32-15-13-25/h2-3,7-8,18,28H,4-6,9-17H2,1H3. The highest BCUT2D eigenvalue weighted by Crippen LogP contribution is 2.37. The van der Waals surface area contributed by atoms with Crippen molar-refractivity contribution < 1.29 is 24.2 Å². The van der Waals surface area contributed by atoms with Crippen LogP contribution >= 0.6 is 0 Å². The smallest absolute Gasteiger partial charge is 0.277 e. The first-order valence-electron chi connectivity index (χ1n) is 11.5. The summed E-state index contributed by atoms with van der Waals surface area (Å²) >= 11 is 0. The van der Waals surface area contributed by atoms with E-state index in [4.69, 9.17) is 9.47 Å². The third-order valence-electron chi connectivity index (χ3n) is 6.57. The molecule has 174 valence electrons.